The maximum absolute atomic E-state index is 13.2. The Morgan fingerprint density at radius 2 is 1.62 bits per heavy atom. The number of aliphatic hydroxyl groups is 1. The number of carbonyl (C=O) groups excluding carboxylic acids is 2. The molecule has 3 aromatic carbocycles. The van der Waals surface area contributed by atoms with Crippen LogP contribution in [0.15, 0.2) is 72.3 Å². The summed E-state index contributed by atoms with van der Waals surface area (Å²) in [6, 6.07) is 17.9. The first-order valence-corrected chi connectivity index (χ1v) is 10.1. The highest BCUT2D eigenvalue weighted by atomic mass is 16.5. The van der Waals surface area contributed by atoms with Crippen molar-refractivity contribution in [3.8, 4) is 11.5 Å². The number of hydrogen-bond donors (Lipinski definition) is 2. The Hall–Kier alpha value is -4.06. The third-order valence-electron chi connectivity index (χ3n) is 5.54. The summed E-state index contributed by atoms with van der Waals surface area (Å²) in [6.07, 6.45) is 0. The van der Waals surface area contributed by atoms with Crippen molar-refractivity contribution >= 4 is 23.1 Å². The largest absolute Gasteiger partial charge is 0.508 e. The standard InChI is InChI=1S/C26H23NO5/c1-15-5-4-6-18(13-15)27-23(17-8-10-19(28)11-9-17)22(25(30)26(27)31)24(29)20-14-16(2)7-12-21(20)32-3/h4-14,23,28-29H,1-3H3/b24-22+. The lowest BCUT2D eigenvalue weighted by molar-refractivity contribution is -0.132. The summed E-state index contributed by atoms with van der Waals surface area (Å²) in [5.74, 6) is -1.38. The van der Waals surface area contributed by atoms with E-state index in [4.69, 9.17) is 4.74 Å². The van der Waals surface area contributed by atoms with Gasteiger partial charge in [0.2, 0.25) is 0 Å². The van der Waals surface area contributed by atoms with Crippen LogP contribution in [-0.4, -0.2) is 29.0 Å². The summed E-state index contributed by atoms with van der Waals surface area (Å²) in [4.78, 5) is 27.8. The Bertz CT molecular complexity index is 1240. The molecule has 0 spiro atoms. The molecule has 1 amide bonds. The number of benzene rings is 3. The zero-order chi connectivity index (χ0) is 23.0. The SMILES string of the molecule is COc1ccc(C)cc1/C(O)=C1\C(=O)C(=O)N(c2cccc(C)c2)C1c1ccc(O)cc1. The number of ether oxygens (including phenoxy) is 1. The fourth-order valence-corrected chi connectivity index (χ4v) is 4.00. The fraction of sp³-hybridized carbons (Fsp3) is 0.154. The monoisotopic (exact) mass is 429 g/mol. The number of aromatic hydroxyl groups is 1. The number of aliphatic hydroxyl groups excluding tert-OH is 1. The molecule has 1 fully saturated rings. The zero-order valence-electron chi connectivity index (χ0n) is 18.0. The van der Waals surface area contributed by atoms with Gasteiger partial charge in [-0.25, -0.2) is 0 Å². The summed E-state index contributed by atoms with van der Waals surface area (Å²) in [5, 5.41) is 21.1. The number of Topliss-reactive ketones (excluding diaryl/α,β-unsaturated/α-hetero) is 1. The summed E-state index contributed by atoms with van der Waals surface area (Å²) in [5.41, 5.74) is 3.21. The van der Waals surface area contributed by atoms with Gasteiger partial charge < -0.3 is 14.9 Å². The third-order valence-corrected chi connectivity index (χ3v) is 5.54. The number of anilines is 1. The molecule has 0 aliphatic carbocycles. The summed E-state index contributed by atoms with van der Waals surface area (Å²) >= 11 is 0. The van der Waals surface area contributed by atoms with Gasteiger partial charge in [0.15, 0.2) is 0 Å². The predicted octanol–water partition coefficient (Wildman–Crippen LogP) is 4.64. The van der Waals surface area contributed by atoms with Crippen molar-refractivity contribution in [1.29, 1.82) is 0 Å². The van der Waals surface area contributed by atoms with Gasteiger partial charge in [-0.15, -0.1) is 0 Å². The molecule has 1 aliphatic rings. The number of phenols is 1. The van der Waals surface area contributed by atoms with Crippen LogP contribution in [0.1, 0.15) is 28.3 Å². The topological polar surface area (TPSA) is 87.1 Å². The van der Waals surface area contributed by atoms with E-state index in [2.05, 4.69) is 0 Å². The molecule has 6 heteroatoms. The van der Waals surface area contributed by atoms with E-state index < -0.39 is 17.7 Å². The van der Waals surface area contributed by atoms with Crippen LogP contribution in [0.4, 0.5) is 5.69 Å². The number of phenolic OH excluding ortho intramolecular Hbond substituents is 1. The van der Waals surface area contributed by atoms with Gasteiger partial charge in [-0.1, -0.05) is 35.9 Å². The van der Waals surface area contributed by atoms with Gasteiger partial charge in [0.05, 0.1) is 24.3 Å². The fourth-order valence-electron chi connectivity index (χ4n) is 4.00. The molecule has 3 aromatic rings. The van der Waals surface area contributed by atoms with Crippen molar-refractivity contribution < 1.29 is 24.5 Å². The highest BCUT2D eigenvalue weighted by Gasteiger charge is 2.47. The average Bonchev–Trinajstić information content (AvgIpc) is 3.04. The van der Waals surface area contributed by atoms with Gasteiger partial charge in [-0.05, 0) is 61.4 Å². The lowest BCUT2D eigenvalue weighted by atomic mass is 9.94. The molecule has 32 heavy (non-hydrogen) atoms. The highest BCUT2D eigenvalue weighted by Crippen LogP contribution is 2.43. The lowest BCUT2D eigenvalue weighted by Gasteiger charge is -2.26. The third kappa shape index (κ3) is 3.60. The number of aryl methyl sites for hydroxylation is 2. The average molecular weight is 429 g/mol. The van der Waals surface area contributed by atoms with E-state index in [-0.39, 0.29) is 17.1 Å². The van der Waals surface area contributed by atoms with E-state index in [1.807, 2.05) is 32.0 Å². The van der Waals surface area contributed by atoms with Crippen molar-refractivity contribution in [1.82, 2.24) is 0 Å². The quantitative estimate of drug-likeness (QED) is 0.358. The van der Waals surface area contributed by atoms with Gasteiger partial charge >= 0.3 is 0 Å². The van der Waals surface area contributed by atoms with Crippen LogP contribution in [0.2, 0.25) is 0 Å². The Balaban J connectivity index is 1.99. The molecule has 0 bridgehead atoms. The first-order valence-electron chi connectivity index (χ1n) is 10.1. The first kappa shape index (κ1) is 21.2. The molecule has 4 rings (SSSR count). The molecule has 1 saturated heterocycles. The Morgan fingerprint density at radius 3 is 2.28 bits per heavy atom. The van der Waals surface area contributed by atoms with E-state index in [9.17, 15) is 19.8 Å². The predicted molar refractivity (Wildman–Crippen MR) is 122 cm³/mol. The van der Waals surface area contributed by atoms with E-state index >= 15 is 0 Å². The summed E-state index contributed by atoms with van der Waals surface area (Å²) in [6.45, 7) is 3.76. The van der Waals surface area contributed by atoms with Crippen LogP contribution < -0.4 is 9.64 Å². The molecule has 1 aliphatic heterocycles. The Kier molecular flexibility index (Phi) is 5.45. The van der Waals surface area contributed by atoms with Gasteiger partial charge in [0.25, 0.3) is 11.7 Å². The molecular formula is C26H23NO5. The highest BCUT2D eigenvalue weighted by molar-refractivity contribution is 6.51. The summed E-state index contributed by atoms with van der Waals surface area (Å²) in [7, 11) is 1.48. The van der Waals surface area contributed by atoms with Crippen LogP contribution in [0.25, 0.3) is 5.76 Å². The number of nitrogens with zero attached hydrogens (tertiary/aromatic N) is 1. The molecule has 6 nitrogen and oxygen atoms in total. The second-order valence-corrected chi connectivity index (χ2v) is 7.80. The molecule has 1 heterocycles. The maximum atomic E-state index is 13.2. The van der Waals surface area contributed by atoms with E-state index in [0.29, 0.717) is 22.6 Å². The maximum Gasteiger partial charge on any atom is 0.300 e. The van der Waals surface area contributed by atoms with Crippen molar-refractivity contribution in [3.63, 3.8) is 0 Å². The van der Waals surface area contributed by atoms with Gasteiger partial charge in [-0.2, -0.15) is 0 Å². The Labute approximate surface area is 186 Å². The number of amides is 1. The van der Waals surface area contributed by atoms with Gasteiger partial charge in [-0.3, -0.25) is 14.5 Å². The molecule has 0 radical (unpaired) electrons. The van der Waals surface area contributed by atoms with Gasteiger partial charge in [0.1, 0.15) is 17.3 Å². The molecule has 162 valence electrons. The Morgan fingerprint density at radius 1 is 0.938 bits per heavy atom. The van der Waals surface area contributed by atoms with Crippen molar-refractivity contribution in [2.75, 3.05) is 12.0 Å². The van der Waals surface area contributed by atoms with E-state index in [0.717, 1.165) is 11.1 Å². The molecule has 1 unspecified atom stereocenters. The normalized spacial score (nSPS) is 17.6. The minimum absolute atomic E-state index is 0.0360. The minimum atomic E-state index is -0.873. The van der Waals surface area contributed by atoms with Crippen LogP contribution in [0.3, 0.4) is 0 Å². The number of ketones is 1. The molecule has 0 saturated carbocycles. The minimum Gasteiger partial charge on any atom is -0.508 e. The number of carbonyl (C=O) groups is 2. The first-order chi connectivity index (χ1) is 15.3. The van der Waals surface area contributed by atoms with Crippen molar-refractivity contribution in [3.05, 3.63) is 94.6 Å². The molecule has 1 atom stereocenters. The van der Waals surface area contributed by atoms with Crippen molar-refractivity contribution in [2.45, 2.75) is 19.9 Å². The number of methoxy groups -OCH3 is 1. The van der Waals surface area contributed by atoms with Gasteiger partial charge in [0, 0.05) is 5.69 Å². The molecule has 0 aromatic heterocycles. The number of hydrogen-bond acceptors (Lipinski definition) is 5. The summed E-state index contributed by atoms with van der Waals surface area (Å²) < 4.78 is 5.39. The zero-order valence-corrected chi connectivity index (χ0v) is 18.0. The smallest absolute Gasteiger partial charge is 0.300 e. The second-order valence-electron chi connectivity index (χ2n) is 7.80. The second kappa shape index (κ2) is 8.23. The molecule has 2 N–H and O–H groups in total. The molecular weight excluding hydrogens is 406 g/mol. The van der Waals surface area contributed by atoms with Crippen LogP contribution in [0, 0.1) is 13.8 Å². The number of rotatable bonds is 4. The van der Waals surface area contributed by atoms with E-state index in [1.54, 1.807) is 36.4 Å². The van der Waals surface area contributed by atoms with Crippen LogP contribution >= 0.6 is 0 Å². The van der Waals surface area contributed by atoms with Crippen LogP contribution in [-0.2, 0) is 9.59 Å². The van der Waals surface area contributed by atoms with E-state index in [1.165, 1.54) is 24.1 Å². The lowest BCUT2D eigenvalue weighted by Crippen LogP contribution is -2.29. The van der Waals surface area contributed by atoms with Crippen LogP contribution in [0.5, 0.6) is 11.5 Å². The van der Waals surface area contributed by atoms with Crippen molar-refractivity contribution in [2.24, 2.45) is 0 Å².